The van der Waals surface area contributed by atoms with Gasteiger partial charge in [-0.2, -0.15) is 0 Å². The van der Waals surface area contributed by atoms with Crippen LogP contribution in [0.2, 0.25) is 0 Å². The summed E-state index contributed by atoms with van der Waals surface area (Å²) in [7, 11) is 0. The molecule has 9 aromatic rings. The summed E-state index contributed by atoms with van der Waals surface area (Å²) in [5, 5.41) is 0. The fraction of sp³-hybridized carbons (Fsp3) is 0.0189. The van der Waals surface area contributed by atoms with Crippen LogP contribution in [-0.2, 0) is 5.41 Å². The van der Waals surface area contributed by atoms with Gasteiger partial charge in [0.2, 0.25) is 0 Å². The van der Waals surface area contributed by atoms with E-state index in [9.17, 15) is 0 Å². The maximum Gasteiger partial charge on any atom is 0.159 e. The second-order valence-electron chi connectivity index (χ2n) is 14.5. The number of ether oxygens (including phenoxy) is 1. The van der Waals surface area contributed by atoms with Crippen molar-refractivity contribution in [2.75, 3.05) is 4.90 Å². The van der Waals surface area contributed by atoms with Crippen LogP contribution in [0.15, 0.2) is 213 Å². The Balaban J connectivity index is 1.18. The van der Waals surface area contributed by atoms with Gasteiger partial charge in [0.05, 0.1) is 11.1 Å². The minimum absolute atomic E-state index is 0.682. The molecule has 0 saturated heterocycles. The summed E-state index contributed by atoms with van der Waals surface area (Å²) in [5.41, 5.74) is 15.2. The average molecular weight is 730 g/mol. The molecule has 2 aliphatic rings. The van der Waals surface area contributed by atoms with E-state index < -0.39 is 5.41 Å². The summed E-state index contributed by atoms with van der Waals surface area (Å²) in [4.78, 5) is 11.7. The minimum atomic E-state index is -0.682. The van der Waals surface area contributed by atoms with Crippen LogP contribution in [-0.4, -0.2) is 9.97 Å². The summed E-state index contributed by atoms with van der Waals surface area (Å²) in [6.07, 6.45) is 3.61. The number of anilines is 3. The molecule has 57 heavy (non-hydrogen) atoms. The number of benzene rings is 8. The van der Waals surface area contributed by atoms with Crippen LogP contribution < -0.4 is 9.64 Å². The van der Waals surface area contributed by atoms with E-state index in [0.717, 1.165) is 56.4 Å². The third-order valence-electron chi connectivity index (χ3n) is 11.5. The number of fused-ring (bicyclic) bond motifs is 9. The maximum atomic E-state index is 6.70. The van der Waals surface area contributed by atoms with Crippen LogP contribution in [0.1, 0.15) is 22.3 Å². The first-order valence-corrected chi connectivity index (χ1v) is 19.3. The van der Waals surface area contributed by atoms with Crippen LogP contribution in [0.25, 0.3) is 44.8 Å². The highest BCUT2D eigenvalue weighted by Crippen LogP contribution is 2.63. The van der Waals surface area contributed by atoms with Gasteiger partial charge < -0.3 is 9.64 Å². The molecule has 1 aliphatic heterocycles. The van der Waals surface area contributed by atoms with Crippen molar-refractivity contribution in [3.05, 3.63) is 235 Å². The zero-order chi connectivity index (χ0) is 37.8. The van der Waals surface area contributed by atoms with Crippen molar-refractivity contribution in [2.45, 2.75) is 5.41 Å². The fourth-order valence-electron chi connectivity index (χ4n) is 9.00. The highest BCUT2D eigenvalue weighted by Gasteiger charge is 2.51. The fourth-order valence-corrected chi connectivity index (χ4v) is 9.00. The predicted octanol–water partition coefficient (Wildman–Crippen LogP) is 13.4. The van der Waals surface area contributed by atoms with E-state index in [1.165, 1.54) is 33.4 Å². The van der Waals surface area contributed by atoms with Gasteiger partial charge in [0.25, 0.3) is 0 Å². The number of rotatable bonds is 6. The van der Waals surface area contributed by atoms with Crippen molar-refractivity contribution in [3.8, 4) is 56.3 Å². The van der Waals surface area contributed by atoms with Crippen molar-refractivity contribution in [1.29, 1.82) is 0 Å². The Kier molecular flexibility index (Phi) is 7.68. The van der Waals surface area contributed by atoms with Crippen LogP contribution in [0, 0.1) is 0 Å². The Labute approximate surface area is 332 Å². The summed E-state index contributed by atoms with van der Waals surface area (Å²) in [5.74, 6) is 2.40. The molecule has 0 amide bonds. The molecule has 268 valence electrons. The van der Waals surface area contributed by atoms with Crippen molar-refractivity contribution in [3.63, 3.8) is 0 Å². The highest BCUT2D eigenvalue weighted by atomic mass is 16.5. The monoisotopic (exact) mass is 729 g/mol. The lowest BCUT2D eigenvalue weighted by Gasteiger charge is -2.40. The molecule has 0 atom stereocenters. The van der Waals surface area contributed by atoms with Crippen molar-refractivity contribution >= 4 is 17.1 Å². The largest absolute Gasteiger partial charge is 0.457 e. The van der Waals surface area contributed by atoms with E-state index in [1.54, 1.807) is 12.4 Å². The van der Waals surface area contributed by atoms with E-state index in [2.05, 4.69) is 209 Å². The van der Waals surface area contributed by atoms with Crippen molar-refractivity contribution < 1.29 is 4.74 Å². The number of aromatic nitrogens is 2. The molecule has 0 radical (unpaired) electrons. The third kappa shape index (κ3) is 5.22. The Bertz CT molecular complexity index is 2880. The lowest BCUT2D eigenvalue weighted by molar-refractivity contribution is 0.436. The molecule has 4 nitrogen and oxygen atoms in total. The Morgan fingerprint density at radius 2 is 0.895 bits per heavy atom. The quantitative estimate of drug-likeness (QED) is 0.171. The third-order valence-corrected chi connectivity index (χ3v) is 11.5. The van der Waals surface area contributed by atoms with E-state index >= 15 is 0 Å². The van der Waals surface area contributed by atoms with Crippen molar-refractivity contribution in [2.24, 2.45) is 0 Å². The zero-order valence-electron chi connectivity index (χ0n) is 31.0. The van der Waals surface area contributed by atoms with E-state index in [-0.39, 0.29) is 0 Å². The molecule has 0 bridgehead atoms. The standard InChI is InChI=1S/C53H35N3O/c1-3-14-36(15-4-1)37-24-27-40(28-25-37)56(49-21-10-7-18-42(49)38-16-5-2-6-17-38)41-29-31-44-43-30-26-39(52-54-32-13-33-55-52)34-47(43)53(48(44)35-41)45-19-8-11-22-50(45)57-51-23-12-9-20-46(51)53/h1-35H. The topological polar surface area (TPSA) is 38.2 Å². The first-order chi connectivity index (χ1) is 28.3. The lowest BCUT2D eigenvalue weighted by Crippen LogP contribution is -2.32. The Morgan fingerprint density at radius 3 is 1.60 bits per heavy atom. The number of hydrogen-bond donors (Lipinski definition) is 0. The van der Waals surface area contributed by atoms with Gasteiger partial charge in [-0.3, -0.25) is 0 Å². The summed E-state index contributed by atoms with van der Waals surface area (Å²) in [6, 6.07) is 71.5. The molecule has 8 aromatic carbocycles. The Hall–Kier alpha value is -7.56. The molecule has 0 unspecified atom stereocenters. The number of hydrogen-bond acceptors (Lipinski definition) is 4. The summed E-state index contributed by atoms with van der Waals surface area (Å²) in [6.45, 7) is 0. The lowest BCUT2D eigenvalue weighted by atomic mass is 9.66. The SMILES string of the molecule is c1ccc(-c2ccc(N(c3ccc4c(c3)C3(c5ccccc5Oc5ccccc53)c3cc(-c5ncccn5)ccc3-4)c3ccccc3-c3ccccc3)cc2)cc1. The molecule has 0 N–H and O–H groups in total. The van der Waals surface area contributed by atoms with Gasteiger partial charge >= 0.3 is 0 Å². The second-order valence-corrected chi connectivity index (χ2v) is 14.5. The van der Waals surface area contributed by atoms with Gasteiger partial charge in [0.15, 0.2) is 5.82 Å². The number of para-hydroxylation sites is 3. The summed E-state index contributed by atoms with van der Waals surface area (Å²) >= 11 is 0. The minimum Gasteiger partial charge on any atom is -0.457 e. The molecular formula is C53H35N3O. The normalized spacial score (nSPS) is 12.8. The second kappa shape index (κ2) is 13.3. The average Bonchev–Trinajstić information content (AvgIpc) is 3.57. The van der Waals surface area contributed by atoms with E-state index in [4.69, 9.17) is 4.74 Å². The van der Waals surface area contributed by atoms with Gasteiger partial charge in [0, 0.05) is 46.0 Å². The smallest absolute Gasteiger partial charge is 0.159 e. The van der Waals surface area contributed by atoms with Crippen LogP contribution in [0.5, 0.6) is 11.5 Å². The van der Waals surface area contributed by atoms with Gasteiger partial charge in [-0.1, -0.05) is 146 Å². The molecule has 1 spiro atoms. The molecule has 1 aliphatic carbocycles. The van der Waals surface area contributed by atoms with Gasteiger partial charge in [-0.15, -0.1) is 0 Å². The molecule has 0 fully saturated rings. The maximum absolute atomic E-state index is 6.70. The molecule has 2 heterocycles. The van der Waals surface area contributed by atoms with Crippen LogP contribution in [0.4, 0.5) is 17.1 Å². The Morgan fingerprint density at radius 1 is 0.368 bits per heavy atom. The molecular weight excluding hydrogens is 695 g/mol. The first kappa shape index (κ1) is 32.8. The molecule has 11 rings (SSSR count). The van der Waals surface area contributed by atoms with Crippen LogP contribution in [0.3, 0.4) is 0 Å². The van der Waals surface area contributed by atoms with Gasteiger partial charge in [0.1, 0.15) is 11.5 Å². The molecule has 4 heteroatoms. The first-order valence-electron chi connectivity index (χ1n) is 19.3. The van der Waals surface area contributed by atoms with E-state index in [0.29, 0.717) is 5.82 Å². The van der Waals surface area contributed by atoms with Gasteiger partial charge in [-0.05, 0) is 93.5 Å². The van der Waals surface area contributed by atoms with Crippen LogP contribution >= 0.6 is 0 Å². The van der Waals surface area contributed by atoms with E-state index in [1.807, 2.05) is 6.07 Å². The van der Waals surface area contributed by atoms with Crippen molar-refractivity contribution in [1.82, 2.24) is 9.97 Å². The molecule has 1 aromatic heterocycles. The van der Waals surface area contributed by atoms with Gasteiger partial charge in [-0.25, -0.2) is 9.97 Å². The highest BCUT2D eigenvalue weighted by molar-refractivity contribution is 5.94. The predicted molar refractivity (Wildman–Crippen MR) is 230 cm³/mol. The number of nitrogens with zero attached hydrogens (tertiary/aromatic N) is 3. The zero-order valence-corrected chi connectivity index (χ0v) is 31.0. The molecule has 0 saturated carbocycles. The summed E-state index contributed by atoms with van der Waals surface area (Å²) < 4.78 is 6.70.